The standard InChI is InChI=1S/C16H20N4O2S/c1-23-9-6-14(11-21)19-15(22)12-4-2-5-13(10-12)20-16-17-7-3-8-18-16/h2-5,7-8,10,14,21H,6,9,11H2,1H3,(H,19,22)(H,17,18,20)/t14-/m1/s1. The third kappa shape index (κ3) is 5.54. The van der Waals surface area contributed by atoms with Crippen molar-refractivity contribution in [2.75, 3.05) is 23.9 Å². The molecule has 1 aromatic heterocycles. The number of carbonyl (C=O) groups is 1. The van der Waals surface area contributed by atoms with Crippen LogP contribution in [0.3, 0.4) is 0 Å². The zero-order valence-electron chi connectivity index (χ0n) is 12.9. The van der Waals surface area contributed by atoms with E-state index in [9.17, 15) is 9.90 Å². The maximum atomic E-state index is 12.3. The molecule has 3 N–H and O–H groups in total. The Bertz CT molecular complexity index is 624. The highest BCUT2D eigenvalue weighted by atomic mass is 32.2. The minimum Gasteiger partial charge on any atom is -0.394 e. The molecule has 7 heteroatoms. The van der Waals surface area contributed by atoms with E-state index in [0.29, 0.717) is 11.5 Å². The lowest BCUT2D eigenvalue weighted by molar-refractivity contribution is 0.0915. The van der Waals surface area contributed by atoms with Crippen molar-refractivity contribution in [2.45, 2.75) is 12.5 Å². The van der Waals surface area contributed by atoms with E-state index >= 15 is 0 Å². The molecule has 1 atom stereocenters. The van der Waals surface area contributed by atoms with Crippen molar-refractivity contribution in [1.29, 1.82) is 0 Å². The second-order valence-electron chi connectivity index (χ2n) is 4.91. The molecule has 1 aromatic carbocycles. The molecular formula is C16H20N4O2S. The third-order valence-corrected chi connectivity index (χ3v) is 3.82. The number of benzene rings is 1. The van der Waals surface area contributed by atoms with Crippen molar-refractivity contribution in [3.8, 4) is 0 Å². The number of thioether (sulfide) groups is 1. The molecule has 0 aliphatic rings. The van der Waals surface area contributed by atoms with Crippen LogP contribution in [-0.2, 0) is 0 Å². The minimum atomic E-state index is -0.232. The number of aliphatic hydroxyl groups excluding tert-OH is 1. The van der Waals surface area contributed by atoms with Gasteiger partial charge in [0.1, 0.15) is 0 Å². The Morgan fingerprint density at radius 3 is 2.78 bits per heavy atom. The van der Waals surface area contributed by atoms with E-state index in [4.69, 9.17) is 0 Å². The van der Waals surface area contributed by atoms with Crippen molar-refractivity contribution in [3.63, 3.8) is 0 Å². The van der Waals surface area contributed by atoms with Crippen LogP contribution in [0.2, 0.25) is 0 Å². The molecule has 122 valence electrons. The Balaban J connectivity index is 2.02. The summed E-state index contributed by atoms with van der Waals surface area (Å²) >= 11 is 1.69. The number of anilines is 2. The van der Waals surface area contributed by atoms with Crippen LogP contribution in [0.5, 0.6) is 0 Å². The first-order valence-corrected chi connectivity index (χ1v) is 8.67. The molecule has 0 aliphatic heterocycles. The highest BCUT2D eigenvalue weighted by molar-refractivity contribution is 7.98. The van der Waals surface area contributed by atoms with Gasteiger partial charge in [0.05, 0.1) is 12.6 Å². The van der Waals surface area contributed by atoms with E-state index in [2.05, 4.69) is 20.6 Å². The number of rotatable bonds is 8. The number of aliphatic hydroxyl groups is 1. The first kappa shape index (κ1) is 17.2. The van der Waals surface area contributed by atoms with E-state index in [0.717, 1.165) is 17.9 Å². The van der Waals surface area contributed by atoms with Crippen molar-refractivity contribution in [1.82, 2.24) is 15.3 Å². The van der Waals surface area contributed by atoms with Crippen molar-refractivity contribution < 1.29 is 9.90 Å². The molecule has 0 radical (unpaired) electrons. The third-order valence-electron chi connectivity index (χ3n) is 3.17. The summed E-state index contributed by atoms with van der Waals surface area (Å²) in [6.07, 6.45) is 6.02. The van der Waals surface area contributed by atoms with Crippen LogP contribution in [0.1, 0.15) is 16.8 Å². The van der Waals surface area contributed by atoms with Gasteiger partial charge >= 0.3 is 0 Å². The summed E-state index contributed by atoms with van der Waals surface area (Å²) in [5, 5.41) is 15.2. The van der Waals surface area contributed by atoms with Crippen LogP contribution in [0.25, 0.3) is 0 Å². The topological polar surface area (TPSA) is 87.1 Å². The molecule has 0 saturated heterocycles. The van der Waals surface area contributed by atoms with Crippen LogP contribution < -0.4 is 10.6 Å². The predicted octanol–water partition coefficient (Wildman–Crippen LogP) is 2.06. The van der Waals surface area contributed by atoms with E-state index in [1.54, 1.807) is 48.4 Å². The van der Waals surface area contributed by atoms with Crippen molar-refractivity contribution in [3.05, 3.63) is 48.3 Å². The molecule has 2 aromatic rings. The fraction of sp³-hybridized carbons (Fsp3) is 0.312. The smallest absolute Gasteiger partial charge is 0.251 e. The molecule has 0 saturated carbocycles. The molecule has 1 heterocycles. The van der Waals surface area contributed by atoms with Gasteiger partial charge in [-0.2, -0.15) is 11.8 Å². The highest BCUT2D eigenvalue weighted by Gasteiger charge is 2.13. The molecular weight excluding hydrogens is 312 g/mol. The van der Waals surface area contributed by atoms with Gasteiger partial charge in [-0.25, -0.2) is 9.97 Å². The largest absolute Gasteiger partial charge is 0.394 e. The van der Waals surface area contributed by atoms with Crippen LogP contribution in [0, 0.1) is 0 Å². The lowest BCUT2D eigenvalue weighted by atomic mass is 10.1. The van der Waals surface area contributed by atoms with Crippen LogP contribution in [0.15, 0.2) is 42.7 Å². The lowest BCUT2D eigenvalue weighted by Gasteiger charge is -2.16. The summed E-state index contributed by atoms with van der Waals surface area (Å²) in [5.41, 5.74) is 1.25. The Labute approximate surface area is 139 Å². The second kappa shape index (κ2) is 9.12. The van der Waals surface area contributed by atoms with Gasteiger partial charge in [0.15, 0.2) is 0 Å². The first-order valence-electron chi connectivity index (χ1n) is 7.27. The first-order chi connectivity index (χ1) is 11.2. The van der Waals surface area contributed by atoms with E-state index in [1.807, 2.05) is 12.3 Å². The van der Waals surface area contributed by atoms with Gasteiger partial charge < -0.3 is 15.7 Å². The number of hydrogen-bond donors (Lipinski definition) is 3. The zero-order chi connectivity index (χ0) is 16.5. The Kier molecular flexibility index (Phi) is 6.83. The number of amides is 1. The monoisotopic (exact) mass is 332 g/mol. The van der Waals surface area contributed by atoms with Gasteiger partial charge in [0, 0.05) is 23.6 Å². The molecule has 0 spiro atoms. The van der Waals surface area contributed by atoms with E-state index in [-0.39, 0.29) is 18.6 Å². The number of nitrogens with one attached hydrogen (secondary N) is 2. The molecule has 1 amide bonds. The molecule has 0 bridgehead atoms. The van der Waals surface area contributed by atoms with Crippen molar-refractivity contribution >= 4 is 29.3 Å². The Morgan fingerprint density at radius 2 is 2.09 bits per heavy atom. The highest BCUT2D eigenvalue weighted by Crippen LogP contribution is 2.14. The Hall–Kier alpha value is -2.12. The predicted molar refractivity (Wildman–Crippen MR) is 93.1 cm³/mol. The fourth-order valence-corrected chi connectivity index (χ4v) is 2.49. The van der Waals surface area contributed by atoms with Crippen LogP contribution in [-0.4, -0.2) is 45.6 Å². The quantitative estimate of drug-likeness (QED) is 0.686. The van der Waals surface area contributed by atoms with Gasteiger partial charge in [-0.3, -0.25) is 4.79 Å². The van der Waals surface area contributed by atoms with Gasteiger partial charge in [-0.1, -0.05) is 6.07 Å². The Morgan fingerprint density at radius 1 is 1.30 bits per heavy atom. The SMILES string of the molecule is CSCC[C@H](CO)NC(=O)c1cccc(Nc2ncccn2)c1. The van der Waals surface area contributed by atoms with Gasteiger partial charge in [0.2, 0.25) is 5.95 Å². The fourth-order valence-electron chi connectivity index (χ4n) is 1.97. The molecule has 2 rings (SSSR count). The van der Waals surface area contributed by atoms with Crippen LogP contribution in [0.4, 0.5) is 11.6 Å². The lowest BCUT2D eigenvalue weighted by Crippen LogP contribution is -2.37. The van der Waals surface area contributed by atoms with Gasteiger partial charge in [-0.05, 0) is 42.7 Å². The summed E-state index contributed by atoms with van der Waals surface area (Å²) in [6, 6.07) is 8.59. The van der Waals surface area contributed by atoms with Gasteiger partial charge in [0.25, 0.3) is 5.91 Å². The minimum absolute atomic E-state index is 0.0674. The molecule has 0 aliphatic carbocycles. The average Bonchev–Trinajstić information content (AvgIpc) is 2.59. The molecule has 0 unspecified atom stereocenters. The number of nitrogens with zero attached hydrogens (tertiary/aromatic N) is 2. The molecule has 23 heavy (non-hydrogen) atoms. The van der Waals surface area contributed by atoms with Crippen molar-refractivity contribution in [2.24, 2.45) is 0 Å². The number of hydrogen-bond acceptors (Lipinski definition) is 6. The maximum absolute atomic E-state index is 12.3. The second-order valence-corrected chi connectivity index (χ2v) is 5.90. The van der Waals surface area contributed by atoms with Crippen LogP contribution >= 0.6 is 11.8 Å². The number of aromatic nitrogens is 2. The van der Waals surface area contributed by atoms with E-state index in [1.165, 1.54) is 0 Å². The zero-order valence-corrected chi connectivity index (χ0v) is 13.7. The normalized spacial score (nSPS) is 11.7. The average molecular weight is 332 g/mol. The number of carbonyl (C=O) groups excluding carboxylic acids is 1. The molecule has 0 fully saturated rings. The summed E-state index contributed by atoms with van der Waals surface area (Å²) in [4.78, 5) is 20.5. The maximum Gasteiger partial charge on any atom is 0.251 e. The summed E-state index contributed by atoms with van der Waals surface area (Å²) in [7, 11) is 0. The molecule has 6 nitrogen and oxygen atoms in total. The summed E-state index contributed by atoms with van der Waals surface area (Å²) in [6.45, 7) is -0.0674. The van der Waals surface area contributed by atoms with E-state index < -0.39 is 0 Å². The summed E-state index contributed by atoms with van der Waals surface area (Å²) in [5.74, 6) is 1.15. The summed E-state index contributed by atoms with van der Waals surface area (Å²) < 4.78 is 0. The van der Waals surface area contributed by atoms with Gasteiger partial charge in [-0.15, -0.1) is 0 Å².